The molecule has 0 unspecified atom stereocenters. The second-order valence-electron chi connectivity index (χ2n) is 24.7. The van der Waals surface area contributed by atoms with E-state index in [0.717, 1.165) is 40.1 Å². The fourth-order valence-electron chi connectivity index (χ4n) is 11.9. The molecule has 0 amide bonds. The third-order valence-electron chi connectivity index (χ3n) is 17.0. The number of H-pyrrole nitrogens is 2. The maximum atomic E-state index is 13.0. The van der Waals surface area contributed by atoms with E-state index in [4.69, 9.17) is 4.42 Å². The van der Waals surface area contributed by atoms with Gasteiger partial charge in [-0.1, -0.05) is 123 Å². The van der Waals surface area contributed by atoms with Crippen molar-refractivity contribution in [3.05, 3.63) is 302 Å². The van der Waals surface area contributed by atoms with Gasteiger partial charge in [0.1, 0.15) is 28.7 Å². The largest absolute Gasteiger partial charge is 0.464 e. The number of furan rings is 1. The average molecular weight is 1440 g/mol. The van der Waals surface area contributed by atoms with Crippen LogP contribution in [0.15, 0.2) is 206 Å². The first-order valence-corrected chi connectivity index (χ1v) is 32.1. The normalized spacial score (nSPS) is 11.5. The molecule has 5 heterocycles. The number of halogens is 9. The highest BCUT2D eigenvalue weighted by atomic mass is 19.4. The number of hydrogen-bond donors (Lipinski definition) is 2. The number of aryl methyl sites for hydroxylation is 5. The van der Waals surface area contributed by atoms with Gasteiger partial charge in [0.2, 0.25) is 0 Å². The van der Waals surface area contributed by atoms with Crippen LogP contribution in [0.25, 0.3) is 54.1 Å². The molecule has 5 aromatic heterocycles. The molecule has 0 spiro atoms. The summed E-state index contributed by atoms with van der Waals surface area (Å²) in [5.41, 5.74) is 1.47. The summed E-state index contributed by atoms with van der Waals surface area (Å²) in [6.07, 6.45) is -11.9. The van der Waals surface area contributed by atoms with Crippen molar-refractivity contribution in [2.45, 2.75) is 98.1 Å². The molecule has 540 valence electrons. The molecule has 0 bridgehead atoms. The van der Waals surface area contributed by atoms with E-state index < -0.39 is 35.2 Å². The van der Waals surface area contributed by atoms with Gasteiger partial charge >= 0.3 is 18.5 Å². The Kier molecular flexibility index (Phi) is 23.8. The molecule has 17 nitrogen and oxygen atoms in total. The fraction of sp³-hybridized carbons (Fsp3) is 0.215. The van der Waals surface area contributed by atoms with Gasteiger partial charge in [0, 0.05) is 66.7 Å². The number of nitrogens with one attached hydrogen (secondary N) is 2. The van der Waals surface area contributed by atoms with Crippen LogP contribution in [0.4, 0.5) is 39.5 Å². The number of aromatic amines is 2. The molecule has 0 aliphatic carbocycles. The lowest BCUT2D eigenvalue weighted by molar-refractivity contribution is -0.138. The number of alkyl halides is 9. The number of hydrogen-bond acceptors (Lipinski definition) is 13. The van der Waals surface area contributed by atoms with E-state index in [1.54, 1.807) is 92.2 Å². The molecule has 0 fully saturated rings. The number of carbonyl (C=O) groups is 4. The second-order valence-corrected chi connectivity index (χ2v) is 24.7. The first-order valence-electron chi connectivity index (χ1n) is 32.1. The summed E-state index contributed by atoms with van der Waals surface area (Å²) < 4.78 is 125. The van der Waals surface area contributed by atoms with E-state index in [2.05, 4.69) is 30.6 Å². The highest BCUT2D eigenvalue weighted by molar-refractivity contribution is 5.93. The highest BCUT2D eigenvalue weighted by Gasteiger charge is 2.35. The lowest BCUT2D eigenvalue weighted by Gasteiger charge is -2.12. The van der Waals surface area contributed by atoms with E-state index in [1.165, 1.54) is 73.6 Å². The summed E-state index contributed by atoms with van der Waals surface area (Å²) in [6, 6.07) is 46.9. The number of aromatic nitrogens is 8. The van der Waals surface area contributed by atoms with Crippen molar-refractivity contribution in [2.75, 3.05) is 0 Å². The maximum absolute atomic E-state index is 13.0. The lowest BCUT2D eigenvalue weighted by atomic mass is 9.99. The summed E-state index contributed by atoms with van der Waals surface area (Å²) >= 11 is 0. The van der Waals surface area contributed by atoms with Gasteiger partial charge in [0.05, 0.1) is 93.0 Å². The van der Waals surface area contributed by atoms with Crippen LogP contribution < -0.4 is 22.2 Å². The summed E-state index contributed by atoms with van der Waals surface area (Å²) in [7, 11) is 3.11. The fourth-order valence-corrected chi connectivity index (χ4v) is 11.9. The molecule has 26 heteroatoms. The van der Waals surface area contributed by atoms with Crippen molar-refractivity contribution in [3.8, 4) is 0 Å². The number of rotatable bonds is 16. The Balaban J connectivity index is 0.000000162. The first-order chi connectivity index (χ1) is 49.3. The van der Waals surface area contributed by atoms with Crippen LogP contribution in [0, 0.1) is 20.8 Å². The van der Waals surface area contributed by atoms with E-state index in [1.807, 2.05) is 42.5 Å². The molecule has 8 aromatic carbocycles. The molecule has 0 aliphatic rings. The summed E-state index contributed by atoms with van der Waals surface area (Å²) in [5, 5.41) is 26.3. The molecule has 13 aromatic rings. The van der Waals surface area contributed by atoms with E-state index in [0.29, 0.717) is 83.6 Å². The van der Waals surface area contributed by atoms with Crippen LogP contribution in [0.3, 0.4) is 0 Å². The highest BCUT2D eigenvalue weighted by Crippen LogP contribution is 2.35. The van der Waals surface area contributed by atoms with E-state index >= 15 is 0 Å². The van der Waals surface area contributed by atoms with Gasteiger partial charge in [0.15, 0.2) is 0 Å². The van der Waals surface area contributed by atoms with Gasteiger partial charge in [-0.2, -0.15) is 59.9 Å². The van der Waals surface area contributed by atoms with Crippen molar-refractivity contribution < 1.29 is 63.1 Å². The Bertz CT molecular complexity index is 5550. The predicted octanol–water partition coefficient (Wildman–Crippen LogP) is 14.5. The van der Waals surface area contributed by atoms with Crippen LogP contribution >= 0.6 is 0 Å². The molecule has 0 saturated carbocycles. The van der Waals surface area contributed by atoms with Crippen LogP contribution in [-0.4, -0.2) is 63.1 Å². The average Bonchev–Trinajstić information content (AvgIpc) is 0.914. The van der Waals surface area contributed by atoms with Crippen molar-refractivity contribution in [1.29, 1.82) is 0 Å². The van der Waals surface area contributed by atoms with E-state index in [9.17, 15) is 77.9 Å². The number of carbonyl (C=O) groups excluding carboxylic acids is 4. The van der Waals surface area contributed by atoms with Crippen molar-refractivity contribution in [2.24, 2.45) is 14.1 Å². The van der Waals surface area contributed by atoms with Gasteiger partial charge in [-0.05, 0) is 120 Å². The minimum atomic E-state index is -4.46. The Morgan fingerprint density at radius 3 is 0.990 bits per heavy atom. The van der Waals surface area contributed by atoms with Gasteiger partial charge in [0.25, 0.3) is 22.2 Å². The minimum Gasteiger partial charge on any atom is -0.464 e. The van der Waals surface area contributed by atoms with Gasteiger partial charge < -0.3 is 4.42 Å². The molecule has 0 aliphatic heterocycles. The van der Waals surface area contributed by atoms with E-state index in [-0.39, 0.29) is 114 Å². The standard InChI is InChI=1S/C20H17F3N2O2.C20H16N2O3.2C19H15F3N2O2.CH4/c1-12-7-8-13(10-17(12)20(21,22)23)9-14(26)11-18-15-5-3-4-6-16(15)19(27)25(2)24-18;1-22-20(24)17-5-3-2-4-16(17)18(21-22)12-15(23)11-13-6-7-19-14(10-13)8-9-25-19;2*1-11-6-7-12(9-16(11)19(20,21)22)8-13(25)10-17-14-4-2-3-5-15(14)18(26)24-23-17;/h3-8,10H,9,11H2,1-2H3;2-10H,11-12H2,1H3;2*2-7,9H,8,10H2,1H3,(H,24,26);1H4. The number of fused-ring (bicyclic) bond motifs is 5. The first kappa shape index (κ1) is 77.1. The lowest BCUT2D eigenvalue weighted by Crippen LogP contribution is -2.22. The molecule has 2 N–H and O–H groups in total. The summed E-state index contributed by atoms with van der Waals surface area (Å²) in [5.74, 6) is -0.791. The maximum Gasteiger partial charge on any atom is 0.416 e. The number of benzene rings is 8. The SMILES string of the molecule is C.Cc1ccc(CC(=O)Cc2n[nH]c(=O)c3ccccc23)cc1C(F)(F)F.Cc1ccc(CC(=O)Cc2n[nH]c(=O)c3ccccc23)cc1C(F)(F)F.Cc1ccc(CC(=O)Cc2nn(C)c(=O)c3ccccc23)cc1C(F)(F)F.Cn1nc(CC(=O)Cc2ccc3occc3c2)c2ccccc2c1=O. The van der Waals surface area contributed by atoms with Crippen LogP contribution in [0.2, 0.25) is 0 Å². The molecule has 0 radical (unpaired) electrons. The van der Waals surface area contributed by atoms with Crippen LogP contribution in [0.1, 0.15) is 85.8 Å². The zero-order valence-electron chi connectivity index (χ0n) is 56.2. The number of Topliss-reactive ketones (excluding diaryl/α,β-unsaturated/α-hetero) is 4. The second kappa shape index (κ2) is 32.5. The third-order valence-corrected chi connectivity index (χ3v) is 17.0. The Labute approximate surface area is 592 Å². The smallest absolute Gasteiger partial charge is 0.416 e. The summed E-state index contributed by atoms with van der Waals surface area (Å²) in [4.78, 5) is 97.5. The zero-order chi connectivity index (χ0) is 74.9. The van der Waals surface area contributed by atoms with Crippen LogP contribution in [0.5, 0.6) is 0 Å². The molecule has 0 saturated heterocycles. The van der Waals surface area contributed by atoms with Gasteiger partial charge in [-0.3, -0.25) is 38.4 Å². The Morgan fingerprint density at radius 1 is 0.371 bits per heavy atom. The third kappa shape index (κ3) is 19.0. The van der Waals surface area contributed by atoms with Gasteiger partial charge in [-0.25, -0.2) is 19.6 Å². The molecule has 13 rings (SSSR count). The molecular weight excluding hydrogens is 1380 g/mol. The van der Waals surface area contributed by atoms with Crippen LogP contribution in [-0.2, 0) is 103 Å². The van der Waals surface area contributed by atoms with Crippen molar-refractivity contribution in [3.63, 3.8) is 0 Å². The number of ketones is 4. The summed E-state index contributed by atoms with van der Waals surface area (Å²) in [6.45, 7) is 4.14. The monoisotopic (exact) mass is 1440 g/mol. The number of nitrogens with zero attached hydrogens (tertiary/aromatic N) is 6. The van der Waals surface area contributed by atoms with Crippen molar-refractivity contribution in [1.82, 2.24) is 40.0 Å². The van der Waals surface area contributed by atoms with Crippen molar-refractivity contribution >= 4 is 77.2 Å². The quantitative estimate of drug-likeness (QED) is 0.0856. The molecule has 105 heavy (non-hydrogen) atoms. The molecular formula is C79H67F9N8O9. The van der Waals surface area contributed by atoms with Gasteiger partial charge in [-0.15, -0.1) is 0 Å². The topological polar surface area (TPSA) is 243 Å². The predicted molar refractivity (Wildman–Crippen MR) is 380 cm³/mol. The molecule has 0 atom stereocenters. The Morgan fingerprint density at radius 2 is 0.657 bits per heavy atom. The zero-order valence-corrected chi connectivity index (χ0v) is 56.2. The minimum absolute atomic E-state index is 0. The Hall–Kier alpha value is -12.1.